The number of nitrogens with zero attached hydrogens (tertiary/aromatic N) is 1. The molecule has 0 atom stereocenters. The molecule has 0 aliphatic heterocycles. The van der Waals surface area contributed by atoms with Gasteiger partial charge in [-0.25, -0.2) is 4.98 Å². The van der Waals surface area contributed by atoms with Crippen molar-refractivity contribution >= 4 is 22.4 Å². The molecule has 0 fully saturated rings. The molecule has 54 valence electrons. The van der Waals surface area contributed by atoms with E-state index in [1.165, 1.54) is 18.3 Å². The lowest BCUT2D eigenvalue weighted by molar-refractivity contribution is -0.118. The molecule has 1 aromatic heterocycles. The Morgan fingerprint density at radius 2 is 2.60 bits per heavy atom. The van der Waals surface area contributed by atoms with Crippen LogP contribution in [0.5, 0.6) is 0 Å². The first-order valence-electron chi connectivity index (χ1n) is 2.71. The maximum Gasteiger partial charge on any atom is 0.235 e. The summed E-state index contributed by atoms with van der Waals surface area (Å²) in [5.41, 5.74) is 5.04. The third kappa shape index (κ3) is 2.02. The first-order valence-corrected chi connectivity index (χ1v) is 3.59. The van der Waals surface area contributed by atoms with E-state index in [2.05, 4.69) is 15.8 Å². The average Bonchev–Trinajstić information content (AvgIpc) is 2.34. The van der Waals surface area contributed by atoms with Gasteiger partial charge >= 0.3 is 0 Å². The summed E-state index contributed by atoms with van der Waals surface area (Å²) in [6, 6.07) is 0. The van der Waals surface area contributed by atoms with Gasteiger partial charge < -0.3 is 0 Å². The SMILES string of the molecule is CC(=O)NNc1nccs1. The van der Waals surface area contributed by atoms with Crippen LogP contribution in [0.3, 0.4) is 0 Å². The summed E-state index contributed by atoms with van der Waals surface area (Å²) in [6.45, 7) is 1.43. The molecular formula is C5H7N3OS. The number of nitrogens with one attached hydrogen (secondary N) is 2. The van der Waals surface area contributed by atoms with Crippen molar-refractivity contribution in [2.24, 2.45) is 0 Å². The molecule has 1 amide bonds. The Morgan fingerprint density at radius 1 is 1.80 bits per heavy atom. The predicted molar refractivity (Wildman–Crippen MR) is 39.6 cm³/mol. The highest BCUT2D eigenvalue weighted by atomic mass is 32.1. The monoisotopic (exact) mass is 157 g/mol. The number of hydrazine groups is 1. The molecule has 4 nitrogen and oxygen atoms in total. The van der Waals surface area contributed by atoms with Crippen LogP contribution >= 0.6 is 11.3 Å². The summed E-state index contributed by atoms with van der Waals surface area (Å²) >= 11 is 1.43. The quantitative estimate of drug-likeness (QED) is 0.618. The van der Waals surface area contributed by atoms with Crippen molar-refractivity contribution in [1.29, 1.82) is 0 Å². The van der Waals surface area contributed by atoms with Gasteiger partial charge in [0.15, 0.2) is 0 Å². The second kappa shape index (κ2) is 3.17. The van der Waals surface area contributed by atoms with Gasteiger partial charge in [-0.1, -0.05) is 0 Å². The zero-order valence-electron chi connectivity index (χ0n) is 5.42. The molecule has 0 aliphatic carbocycles. The lowest BCUT2D eigenvalue weighted by Crippen LogP contribution is -2.26. The third-order valence-corrected chi connectivity index (χ3v) is 1.47. The second-order valence-electron chi connectivity index (χ2n) is 1.64. The molecule has 0 aromatic carbocycles. The van der Waals surface area contributed by atoms with Crippen LogP contribution in [0.25, 0.3) is 0 Å². The van der Waals surface area contributed by atoms with E-state index in [4.69, 9.17) is 0 Å². The van der Waals surface area contributed by atoms with Crippen LogP contribution in [0.15, 0.2) is 11.6 Å². The summed E-state index contributed by atoms with van der Waals surface area (Å²) in [4.78, 5) is 14.2. The Hall–Kier alpha value is -1.10. The number of carbonyl (C=O) groups is 1. The van der Waals surface area contributed by atoms with Crippen LogP contribution in [-0.2, 0) is 4.79 Å². The van der Waals surface area contributed by atoms with Gasteiger partial charge in [0.2, 0.25) is 11.0 Å². The Morgan fingerprint density at radius 3 is 3.10 bits per heavy atom. The van der Waals surface area contributed by atoms with Crippen LogP contribution in [0.1, 0.15) is 6.92 Å². The highest BCUT2D eigenvalue weighted by molar-refractivity contribution is 7.13. The molecule has 0 spiro atoms. The predicted octanol–water partition coefficient (Wildman–Crippen LogP) is 0.606. The Balaban J connectivity index is 2.35. The highest BCUT2D eigenvalue weighted by Crippen LogP contribution is 2.07. The number of anilines is 1. The second-order valence-corrected chi connectivity index (χ2v) is 2.54. The zero-order valence-corrected chi connectivity index (χ0v) is 6.23. The summed E-state index contributed by atoms with van der Waals surface area (Å²) in [5, 5.41) is 2.51. The van der Waals surface area contributed by atoms with E-state index in [0.717, 1.165) is 0 Å². The molecule has 1 aromatic rings. The van der Waals surface area contributed by atoms with Crippen molar-refractivity contribution in [3.63, 3.8) is 0 Å². The molecule has 0 aliphatic rings. The lowest BCUT2D eigenvalue weighted by Gasteiger charge is -1.99. The fraction of sp³-hybridized carbons (Fsp3) is 0.200. The molecule has 0 unspecified atom stereocenters. The van der Waals surface area contributed by atoms with E-state index in [-0.39, 0.29) is 5.91 Å². The van der Waals surface area contributed by atoms with Crippen LogP contribution in [-0.4, -0.2) is 10.9 Å². The van der Waals surface area contributed by atoms with E-state index in [9.17, 15) is 4.79 Å². The van der Waals surface area contributed by atoms with Crippen LogP contribution in [0.2, 0.25) is 0 Å². The Kier molecular flexibility index (Phi) is 2.22. The summed E-state index contributed by atoms with van der Waals surface area (Å²) in [7, 11) is 0. The van der Waals surface area contributed by atoms with Gasteiger partial charge in [0, 0.05) is 18.5 Å². The Bertz CT molecular complexity index is 209. The Labute approximate surface area is 62.3 Å². The maximum absolute atomic E-state index is 10.3. The van der Waals surface area contributed by atoms with Gasteiger partial charge in [0.1, 0.15) is 0 Å². The number of hydrogen-bond acceptors (Lipinski definition) is 4. The summed E-state index contributed by atoms with van der Waals surface area (Å²) in [6.07, 6.45) is 1.66. The minimum absolute atomic E-state index is 0.129. The van der Waals surface area contributed by atoms with Crippen molar-refractivity contribution in [1.82, 2.24) is 10.4 Å². The molecule has 0 radical (unpaired) electrons. The molecule has 0 saturated heterocycles. The van der Waals surface area contributed by atoms with Gasteiger partial charge in [0.25, 0.3) is 0 Å². The largest absolute Gasteiger partial charge is 0.274 e. The first kappa shape index (κ1) is 7.01. The molecule has 0 saturated carbocycles. The van der Waals surface area contributed by atoms with Gasteiger partial charge in [-0.15, -0.1) is 11.3 Å². The molecule has 10 heavy (non-hydrogen) atoms. The average molecular weight is 157 g/mol. The minimum Gasteiger partial charge on any atom is -0.274 e. The molecular weight excluding hydrogens is 150 g/mol. The van der Waals surface area contributed by atoms with Crippen molar-refractivity contribution < 1.29 is 4.79 Å². The van der Waals surface area contributed by atoms with E-state index in [1.54, 1.807) is 6.20 Å². The molecule has 5 heteroatoms. The molecule has 1 rings (SSSR count). The third-order valence-electron chi connectivity index (χ3n) is 0.778. The van der Waals surface area contributed by atoms with Crippen LogP contribution in [0.4, 0.5) is 5.13 Å². The maximum atomic E-state index is 10.3. The van der Waals surface area contributed by atoms with Gasteiger partial charge in [0.05, 0.1) is 0 Å². The fourth-order valence-corrected chi connectivity index (χ4v) is 0.909. The van der Waals surface area contributed by atoms with Crippen molar-refractivity contribution in [2.75, 3.05) is 5.43 Å². The van der Waals surface area contributed by atoms with Crippen LogP contribution < -0.4 is 10.9 Å². The topological polar surface area (TPSA) is 54.0 Å². The van der Waals surface area contributed by atoms with E-state index >= 15 is 0 Å². The fourth-order valence-electron chi connectivity index (χ4n) is 0.427. The normalized spacial score (nSPS) is 8.90. The smallest absolute Gasteiger partial charge is 0.235 e. The standard InChI is InChI=1S/C5H7N3OS/c1-4(9)7-8-5-6-2-3-10-5/h2-3H,1H3,(H,6,8)(H,7,9). The molecule has 1 heterocycles. The number of rotatable bonds is 2. The summed E-state index contributed by atoms with van der Waals surface area (Å²) in [5.74, 6) is -0.129. The highest BCUT2D eigenvalue weighted by Gasteiger charge is 1.92. The number of thiazole rings is 1. The number of amides is 1. The summed E-state index contributed by atoms with van der Waals surface area (Å²) < 4.78 is 0. The van der Waals surface area contributed by atoms with Gasteiger partial charge in [-0.2, -0.15) is 0 Å². The lowest BCUT2D eigenvalue weighted by atomic mass is 10.8. The first-order chi connectivity index (χ1) is 4.79. The van der Waals surface area contributed by atoms with E-state index < -0.39 is 0 Å². The van der Waals surface area contributed by atoms with E-state index in [1.807, 2.05) is 5.38 Å². The van der Waals surface area contributed by atoms with Crippen molar-refractivity contribution in [2.45, 2.75) is 6.92 Å². The molecule has 0 bridgehead atoms. The zero-order chi connectivity index (χ0) is 7.40. The van der Waals surface area contributed by atoms with E-state index in [0.29, 0.717) is 5.13 Å². The van der Waals surface area contributed by atoms with Crippen LogP contribution in [0, 0.1) is 0 Å². The molecule has 2 N–H and O–H groups in total. The number of carbonyl (C=O) groups excluding carboxylic acids is 1. The van der Waals surface area contributed by atoms with Gasteiger partial charge in [-0.3, -0.25) is 15.6 Å². The van der Waals surface area contributed by atoms with Crippen molar-refractivity contribution in [3.8, 4) is 0 Å². The minimum atomic E-state index is -0.129. The number of aromatic nitrogens is 1. The number of hydrogen-bond donors (Lipinski definition) is 2. The van der Waals surface area contributed by atoms with Gasteiger partial charge in [-0.05, 0) is 0 Å². The van der Waals surface area contributed by atoms with Crippen molar-refractivity contribution in [3.05, 3.63) is 11.6 Å².